The highest BCUT2D eigenvalue weighted by Gasteiger charge is 2.17. The molecule has 1 unspecified atom stereocenters. The molecule has 2 heteroatoms. The molecule has 1 nitrogen and oxygen atoms in total. The molecule has 0 aromatic heterocycles. The molecular formula is C10H22FN. The van der Waals surface area contributed by atoms with Crippen LogP contribution in [0, 0.1) is 5.41 Å². The Bertz CT molecular complexity index is 112. The van der Waals surface area contributed by atoms with E-state index in [-0.39, 0.29) is 0 Å². The lowest BCUT2D eigenvalue weighted by molar-refractivity contribution is 0.212. The zero-order chi connectivity index (χ0) is 9.61. The molecule has 0 rings (SSSR count). The van der Waals surface area contributed by atoms with Gasteiger partial charge in [0.15, 0.2) is 6.30 Å². The van der Waals surface area contributed by atoms with Gasteiger partial charge < -0.3 is 0 Å². The van der Waals surface area contributed by atoms with E-state index in [2.05, 4.69) is 26.1 Å². The van der Waals surface area contributed by atoms with E-state index in [1.54, 1.807) is 7.05 Å². The summed E-state index contributed by atoms with van der Waals surface area (Å²) in [6.45, 7) is 6.59. The minimum absolute atomic E-state index is 0.302. The summed E-state index contributed by atoms with van der Waals surface area (Å²) < 4.78 is 12.8. The van der Waals surface area contributed by atoms with E-state index < -0.39 is 6.30 Å². The predicted molar refractivity (Wildman–Crippen MR) is 51.9 cm³/mol. The minimum Gasteiger partial charge on any atom is -0.291 e. The van der Waals surface area contributed by atoms with Gasteiger partial charge in [-0.25, -0.2) is 4.39 Å². The van der Waals surface area contributed by atoms with Gasteiger partial charge in [-0.05, 0) is 31.7 Å². The van der Waals surface area contributed by atoms with E-state index in [1.165, 1.54) is 12.8 Å². The fourth-order valence-corrected chi connectivity index (χ4v) is 1.46. The lowest BCUT2D eigenvalue weighted by Gasteiger charge is -2.24. The Morgan fingerprint density at radius 3 is 2.33 bits per heavy atom. The summed E-state index contributed by atoms with van der Waals surface area (Å²) in [7, 11) is 1.66. The van der Waals surface area contributed by atoms with Gasteiger partial charge in [0.2, 0.25) is 0 Å². The van der Waals surface area contributed by atoms with Crippen LogP contribution in [0.1, 0.15) is 46.5 Å². The number of rotatable bonds is 6. The highest BCUT2D eigenvalue weighted by molar-refractivity contribution is 4.69. The van der Waals surface area contributed by atoms with Gasteiger partial charge in [-0.2, -0.15) is 0 Å². The van der Waals surface area contributed by atoms with E-state index in [4.69, 9.17) is 0 Å². The third-order valence-electron chi connectivity index (χ3n) is 2.31. The van der Waals surface area contributed by atoms with Crippen LogP contribution in [0.4, 0.5) is 4.39 Å². The molecule has 0 aromatic carbocycles. The smallest absolute Gasteiger partial charge is 0.150 e. The van der Waals surface area contributed by atoms with Crippen molar-refractivity contribution in [3.63, 3.8) is 0 Å². The fourth-order valence-electron chi connectivity index (χ4n) is 1.46. The molecule has 0 radical (unpaired) electrons. The number of halogens is 1. The van der Waals surface area contributed by atoms with E-state index in [9.17, 15) is 4.39 Å². The zero-order valence-electron chi connectivity index (χ0n) is 8.78. The molecule has 0 aliphatic heterocycles. The Morgan fingerprint density at radius 2 is 1.92 bits per heavy atom. The molecule has 0 heterocycles. The van der Waals surface area contributed by atoms with Gasteiger partial charge in [0, 0.05) is 0 Å². The van der Waals surface area contributed by atoms with Gasteiger partial charge in [-0.3, -0.25) is 5.32 Å². The number of alkyl halides is 1. The first-order valence-corrected chi connectivity index (χ1v) is 4.83. The molecule has 1 atom stereocenters. The maximum Gasteiger partial charge on any atom is 0.150 e. The highest BCUT2D eigenvalue weighted by atomic mass is 19.1. The maximum atomic E-state index is 12.8. The lowest BCUT2D eigenvalue weighted by Crippen LogP contribution is -2.22. The van der Waals surface area contributed by atoms with Crippen molar-refractivity contribution in [3.8, 4) is 0 Å². The van der Waals surface area contributed by atoms with Crippen LogP contribution in [-0.2, 0) is 0 Å². The van der Waals surface area contributed by atoms with Crippen molar-refractivity contribution in [3.05, 3.63) is 0 Å². The quantitative estimate of drug-likeness (QED) is 0.612. The van der Waals surface area contributed by atoms with Gasteiger partial charge in [0.25, 0.3) is 0 Å². The number of hydrogen-bond donors (Lipinski definition) is 1. The first-order chi connectivity index (χ1) is 5.52. The van der Waals surface area contributed by atoms with Crippen LogP contribution in [0.5, 0.6) is 0 Å². The Kier molecular flexibility index (Phi) is 5.47. The lowest BCUT2D eigenvalue weighted by atomic mass is 9.83. The average molecular weight is 175 g/mol. The van der Waals surface area contributed by atoms with Gasteiger partial charge in [0.05, 0.1) is 0 Å². The van der Waals surface area contributed by atoms with E-state index in [0.717, 1.165) is 6.42 Å². The van der Waals surface area contributed by atoms with Crippen molar-refractivity contribution in [2.75, 3.05) is 7.05 Å². The molecule has 0 spiro atoms. The molecule has 0 bridgehead atoms. The minimum atomic E-state index is -0.832. The van der Waals surface area contributed by atoms with Gasteiger partial charge in [-0.1, -0.05) is 27.2 Å². The molecule has 74 valence electrons. The summed E-state index contributed by atoms with van der Waals surface area (Å²) >= 11 is 0. The number of hydrogen-bond acceptors (Lipinski definition) is 1. The third kappa shape index (κ3) is 5.53. The summed E-state index contributed by atoms with van der Waals surface area (Å²) in [4.78, 5) is 0. The predicted octanol–water partition coefficient (Wildman–Crippen LogP) is 3.11. The Balaban J connectivity index is 3.59. The summed E-state index contributed by atoms with van der Waals surface area (Å²) in [5.74, 6) is 0. The second kappa shape index (κ2) is 5.52. The van der Waals surface area contributed by atoms with Gasteiger partial charge >= 0.3 is 0 Å². The normalized spacial score (nSPS) is 14.8. The molecule has 0 fully saturated rings. The maximum absolute atomic E-state index is 12.8. The number of nitrogens with one attached hydrogen (secondary N) is 1. The second-order valence-electron chi connectivity index (χ2n) is 4.21. The highest BCUT2D eigenvalue weighted by Crippen LogP contribution is 2.28. The molecule has 0 aliphatic carbocycles. The van der Waals surface area contributed by atoms with Crippen molar-refractivity contribution in [1.82, 2.24) is 5.32 Å². The molecule has 0 aliphatic rings. The van der Waals surface area contributed by atoms with E-state index in [1.807, 2.05) is 0 Å². The topological polar surface area (TPSA) is 12.0 Å². The van der Waals surface area contributed by atoms with Crippen molar-refractivity contribution >= 4 is 0 Å². The Labute approximate surface area is 75.7 Å². The molecule has 0 saturated carbocycles. The summed E-state index contributed by atoms with van der Waals surface area (Å²) in [6.07, 6.45) is 3.13. The van der Waals surface area contributed by atoms with Crippen LogP contribution in [0.15, 0.2) is 0 Å². The first-order valence-electron chi connectivity index (χ1n) is 4.83. The van der Waals surface area contributed by atoms with Crippen LogP contribution in [0.3, 0.4) is 0 Å². The van der Waals surface area contributed by atoms with Gasteiger partial charge in [0.1, 0.15) is 0 Å². The standard InChI is InChI=1S/C10H22FN/c1-5-7-10(2,3)8-6-9(11)12-4/h9,12H,5-8H2,1-4H3. The van der Waals surface area contributed by atoms with Gasteiger partial charge in [-0.15, -0.1) is 0 Å². The zero-order valence-corrected chi connectivity index (χ0v) is 8.78. The summed E-state index contributed by atoms with van der Waals surface area (Å²) in [5, 5.41) is 2.61. The largest absolute Gasteiger partial charge is 0.291 e. The molecule has 1 N–H and O–H groups in total. The van der Waals surface area contributed by atoms with Crippen LogP contribution in [0.25, 0.3) is 0 Å². The molecule has 12 heavy (non-hydrogen) atoms. The van der Waals surface area contributed by atoms with Crippen LogP contribution in [0.2, 0.25) is 0 Å². The second-order valence-corrected chi connectivity index (χ2v) is 4.21. The first kappa shape index (κ1) is 11.9. The van der Waals surface area contributed by atoms with Crippen molar-refractivity contribution in [2.45, 2.75) is 52.8 Å². The molecule has 0 aromatic rings. The Morgan fingerprint density at radius 1 is 1.33 bits per heavy atom. The van der Waals surface area contributed by atoms with E-state index >= 15 is 0 Å². The molecule has 0 saturated heterocycles. The monoisotopic (exact) mass is 175 g/mol. The SMILES string of the molecule is CCCC(C)(C)CCC(F)NC. The average Bonchev–Trinajstić information content (AvgIpc) is 2.00. The fraction of sp³-hybridized carbons (Fsp3) is 1.00. The van der Waals surface area contributed by atoms with Crippen molar-refractivity contribution < 1.29 is 4.39 Å². The Hall–Kier alpha value is -0.110. The third-order valence-corrected chi connectivity index (χ3v) is 2.31. The summed E-state index contributed by atoms with van der Waals surface area (Å²) in [5.41, 5.74) is 0.302. The van der Waals surface area contributed by atoms with Crippen LogP contribution < -0.4 is 5.32 Å². The molecular weight excluding hydrogens is 153 g/mol. The van der Waals surface area contributed by atoms with Crippen molar-refractivity contribution in [2.24, 2.45) is 5.41 Å². The van der Waals surface area contributed by atoms with Crippen LogP contribution >= 0.6 is 0 Å². The van der Waals surface area contributed by atoms with Crippen LogP contribution in [-0.4, -0.2) is 13.3 Å². The molecule has 0 amide bonds. The van der Waals surface area contributed by atoms with E-state index in [0.29, 0.717) is 11.8 Å². The summed E-state index contributed by atoms with van der Waals surface area (Å²) in [6, 6.07) is 0. The van der Waals surface area contributed by atoms with Crippen molar-refractivity contribution in [1.29, 1.82) is 0 Å².